The van der Waals surface area contributed by atoms with Gasteiger partial charge in [0.15, 0.2) is 6.10 Å². The molecule has 1 fully saturated rings. The van der Waals surface area contributed by atoms with E-state index in [4.69, 9.17) is 24.4 Å². The first-order chi connectivity index (χ1) is 39.6. The molecule has 3 rings (SSSR count). The number of likely N-dealkylation sites (N-methyl/N-ethyl adjacent to an activating group) is 2. The van der Waals surface area contributed by atoms with Crippen LogP contribution in [-0.4, -0.2) is 172 Å². The van der Waals surface area contributed by atoms with Crippen molar-refractivity contribution in [2.45, 2.75) is 123 Å². The summed E-state index contributed by atoms with van der Waals surface area (Å²) in [6.07, 6.45) is 4.48. The average Bonchev–Trinajstić information content (AvgIpc) is 3.98. The molecule has 0 saturated carbocycles. The largest absolute Gasteiger partial charge is 0.506 e. The number of aliphatic carboxylic acids is 3. The van der Waals surface area contributed by atoms with Gasteiger partial charge in [0.2, 0.25) is 17.7 Å². The number of carboxylic acid groups (broad SMARTS) is 3. The Hall–Kier alpha value is -7.18. The van der Waals surface area contributed by atoms with Crippen molar-refractivity contribution in [3.05, 3.63) is 64.1 Å². The number of ether oxygens (including phenoxy) is 3. The number of esters is 1. The van der Waals surface area contributed by atoms with Crippen LogP contribution in [0.15, 0.2) is 47.9 Å². The third kappa shape index (κ3) is 25.4. The number of amides is 6. The summed E-state index contributed by atoms with van der Waals surface area (Å²) in [6.45, 7) is 10.8. The van der Waals surface area contributed by atoms with E-state index < -0.39 is 85.2 Å². The van der Waals surface area contributed by atoms with Crippen LogP contribution < -0.4 is 42.3 Å². The van der Waals surface area contributed by atoms with Crippen LogP contribution in [0, 0.1) is 17.8 Å². The second-order valence-corrected chi connectivity index (χ2v) is 23.2. The van der Waals surface area contributed by atoms with Crippen LogP contribution in [-0.2, 0) is 68.3 Å². The van der Waals surface area contributed by atoms with Gasteiger partial charge in [-0.15, -0.1) is 11.3 Å². The summed E-state index contributed by atoms with van der Waals surface area (Å²) in [6, 6.07) is 1.89. The first-order valence-corrected chi connectivity index (χ1v) is 29.7. The topological polar surface area (TPSA) is 412 Å². The lowest BCUT2D eigenvalue weighted by atomic mass is 9.92. The standard InChI is InChI=1S/C53H80N11O18PS/c1-9-32(4)48(58-50(75)39-12-10-11-21-63(39)7)52(76)64(8)40(31(2)3)29-42(82-34(6)65)51-57-38(30-84-51)49(74)55-36(26-33(5)53(77)78)27-35-13-14-41(66)37(28-35)56-43(67)19-22-80-24-25-81-23-20-54-83(79,61-59-44(68)15-17-46(70)71)62-60-45(69)16-18-47(72)73/h13-18,28,30-33,36,39-40,42,48,66H,9-12,19-27,29H2,1-8H3,(H,55,74)(H,56,67)(H,58,75)(H,59,68)(H,60,69)(H,70,71)(H,72,73)(H,77,78)(H3,54,61,62,79)/b17-15-,18-16-/t32?,33?,36?,39-,40?,42?,48?/m1/s1. The number of nitrogens with zero attached hydrogens (tertiary/aromatic N) is 3. The summed E-state index contributed by atoms with van der Waals surface area (Å²) in [7, 11) is -0.549. The van der Waals surface area contributed by atoms with Gasteiger partial charge in [0.25, 0.3) is 17.7 Å². The first-order valence-electron chi connectivity index (χ1n) is 27.2. The Morgan fingerprint density at radius 1 is 0.869 bits per heavy atom. The van der Waals surface area contributed by atoms with Crippen molar-refractivity contribution in [3.8, 4) is 5.75 Å². The van der Waals surface area contributed by atoms with Crippen LogP contribution >= 0.6 is 18.9 Å². The van der Waals surface area contributed by atoms with E-state index in [1.165, 1.54) is 31.4 Å². The maximum absolute atomic E-state index is 14.4. The fourth-order valence-corrected chi connectivity index (χ4v) is 10.6. The molecular formula is C53H80N11O18PS. The minimum atomic E-state index is -4.11. The molecule has 2 aromatic rings. The van der Waals surface area contributed by atoms with Crippen molar-refractivity contribution in [3.63, 3.8) is 0 Å². The van der Waals surface area contributed by atoms with Crippen molar-refractivity contribution in [1.29, 1.82) is 0 Å². The number of thiazole rings is 1. The Bertz CT molecular complexity index is 2670. The Kier molecular flexibility index (Phi) is 30.3. The van der Waals surface area contributed by atoms with Gasteiger partial charge in [-0.05, 0) is 68.8 Å². The zero-order chi connectivity index (χ0) is 62.7. The highest BCUT2D eigenvalue weighted by atomic mass is 32.1. The molecule has 0 aliphatic carbocycles. The van der Waals surface area contributed by atoms with Gasteiger partial charge in [0, 0.05) is 68.7 Å². The fourth-order valence-electron chi connectivity index (χ4n) is 8.56. The number of likely N-dealkylation sites (tertiary alicyclic amines) is 1. The van der Waals surface area contributed by atoms with Crippen molar-refractivity contribution in [2.75, 3.05) is 58.9 Å². The minimum Gasteiger partial charge on any atom is -0.506 e. The van der Waals surface area contributed by atoms with E-state index in [9.17, 15) is 62.7 Å². The number of carbonyl (C=O) groups is 10. The van der Waals surface area contributed by atoms with Gasteiger partial charge in [-0.25, -0.2) is 19.7 Å². The Morgan fingerprint density at radius 3 is 2.07 bits per heavy atom. The van der Waals surface area contributed by atoms with Crippen LogP contribution in [0.1, 0.15) is 114 Å². The molecule has 466 valence electrons. The number of aromatic hydroxyl groups is 1. The van der Waals surface area contributed by atoms with Gasteiger partial charge in [0.05, 0.1) is 50.5 Å². The molecule has 7 atom stereocenters. The number of carboxylic acids is 3. The SMILES string of the molecule is CCC(C)C(NC(=O)[C@H]1CCCCN1C)C(=O)N(C)C(CC(OC(C)=O)c1nc(C(=O)NC(Cc2ccc(O)c(NC(=O)CCOCCOCCNP(=O)(NNC(=O)/C=C\C(=O)O)NNC(=O)/C=C\C(=O)O)c2)CC(C)C(=O)O)cs1)C(C)C. The van der Waals surface area contributed by atoms with Gasteiger partial charge in [-0.2, -0.15) is 10.4 Å². The van der Waals surface area contributed by atoms with Crippen molar-refractivity contribution >= 4 is 83.9 Å². The summed E-state index contributed by atoms with van der Waals surface area (Å²) in [5, 5.41) is 54.9. The Labute approximate surface area is 490 Å². The number of anilines is 1. The van der Waals surface area contributed by atoms with E-state index in [1.807, 2.05) is 50.5 Å². The van der Waals surface area contributed by atoms with E-state index in [1.54, 1.807) is 18.0 Å². The maximum atomic E-state index is 14.4. The zero-order valence-electron chi connectivity index (χ0n) is 48.3. The highest BCUT2D eigenvalue weighted by molar-refractivity contribution is 7.57. The van der Waals surface area contributed by atoms with E-state index in [0.29, 0.717) is 42.7 Å². The molecule has 6 amide bonds. The smallest absolute Gasteiger partial charge is 0.328 e. The molecule has 31 heteroatoms. The number of phenols is 1. The van der Waals surface area contributed by atoms with E-state index in [-0.39, 0.29) is 110 Å². The highest BCUT2D eigenvalue weighted by Crippen LogP contribution is 2.32. The summed E-state index contributed by atoms with van der Waals surface area (Å²) in [5.74, 6) is -9.86. The average molecular weight is 1220 g/mol. The molecule has 12 N–H and O–H groups in total. The predicted octanol–water partition coefficient (Wildman–Crippen LogP) is 2.38. The molecule has 0 bridgehead atoms. The molecular weight excluding hydrogens is 1140 g/mol. The number of hydrogen-bond acceptors (Lipinski definition) is 18. The number of nitrogens with one attached hydrogen (secondary N) is 8. The van der Waals surface area contributed by atoms with Crippen molar-refractivity contribution in [1.82, 2.24) is 51.7 Å². The number of rotatable bonds is 37. The van der Waals surface area contributed by atoms with Gasteiger partial charge in [-0.3, -0.25) is 58.7 Å². The summed E-state index contributed by atoms with van der Waals surface area (Å²) in [5.41, 5.74) is 4.42. The van der Waals surface area contributed by atoms with Crippen LogP contribution in [0.3, 0.4) is 0 Å². The van der Waals surface area contributed by atoms with Gasteiger partial charge >= 0.3 is 31.5 Å². The summed E-state index contributed by atoms with van der Waals surface area (Å²) >= 11 is 1.07. The molecule has 1 aliphatic rings. The zero-order valence-corrected chi connectivity index (χ0v) is 50.0. The number of hydrogen-bond donors (Lipinski definition) is 12. The third-order valence-corrected chi connectivity index (χ3v) is 15.8. The Balaban J connectivity index is 1.62. The maximum Gasteiger partial charge on any atom is 0.328 e. The summed E-state index contributed by atoms with van der Waals surface area (Å²) in [4.78, 5) is 133. The number of carbonyl (C=O) groups excluding carboxylic acids is 7. The number of aromatic nitrogens is 1. The van der Waals surface area contributed by atoms with E-state index in [2.05, 4.69) is 36.4 Å². The molecule has 1 aromatic heterocycles. The number of phenolic OH excluding ortho intramolecular Hbond substituents is 1. The monoisotopic (exact) mass is 1220 g/mol. The molecule has 1 saturated heterocycles. The van der Waals surface area contributed by atoms with Gasteiger partial charge in [-0.1, -0.05) is 53.5 Å². The predicted molar refractivity (Wildman–Crippen MR) is 305 cm³/mol. The molecule has 29 nitrogen and oxygen atoms in total. The van der Waals surface area contributed by atoms with Gasteiger partial charge < -0.3 is 55.5 Å². The number of piperidine rings is 1. The normalized spacial score (nSPS) is 15.9. The molecule has 1 aromatic carbocycles. The molecule has 1 aliphatic heterocycles. The molecule has 84 heavy (non-hydrogen) atoms. The fraction of sp³-hybridized carbons (Fsp3) is 0.566. The number of benzene rings is 1. The molecule has 0 spiro atoms. The van der Waals surface area contributed by atoms with E-state index in [0.717, 1.165) is 30.7 Å². The van der Waals surface area contributed by atoms with Crippen molar-refractivity contribution in [2.24, 2.45) is 17.8 Å². The molecule has 2 heterocycles. The highest BCUT2D eigenvalue weighted by Gasteiger charge is 2.38. The number of hydrazine groups is 2. The second-order valence-electron chi connectivity index (χ2n) is 20.3. The van der Waals surface area contributed by atoms with E-state index >= 15 is 0 Å². The van der Waals surface area contributed by atoms with Crippen LogP contribution in [0.2, 0.25) is 0 Å². The minimum absolute atomic E-state index is 0.00388. The lowest BCUT2D eigenvalue weighted by Crippen LogP contribution is -2.58. The first kappa shape index (κ1) is 71.1. The van der Waals surface area contributed by atoms with Gasteiger partial charge in [0.1, 0.15) is 22.5 Å². The van der Waals surface area contributed by atoms with Crippen LogP contribution in [0.25, 0.3) is 0 Å². The lowest BCUT2D eigenvalue weighted by molar-refractivity contribution is -0.149. The second kappa shape index (κ2) is 35.8. The molecule has 0 radical (unpaired) electrons. The summed E-state index contributed by atoms with van der Waals surface area (Å²) < 4.78 is 29.9. The lowest BCUT2D eigenvalue weighted by Gasteiger charge is -2.38. The quantitative estimate of drug-likeness (QED) is 0.0115. The third-order valence-electron chi connectivity index (χ3n) is 13.3. The van der Waals surface area contributed by atoms with Crippen LogP contribution in [0.5, 0.6) is 5.75 Å². The van der Waals surface area contributed by atoms with Crippen LogP contribution in [0.4, 0.5) is 5.69 Å². The molecule has 6 unspecified atom stereocenters. The van der Waals surface area contributed by atoms with Crippen molar-refractivity contribution < 1.29 is 87.1 Å². The Morgan fingerprint density at radius 2 is 1.50 bits per heavy atom.